The number of aromatic nitrogens is 1. The number of hydrogen-bond donors (Lipinski definition) is 2. The minimum Gasteiger partial charge on any atom is -0.379 e. The minimum atomic E-state index is 0. The van der Waals surface area contributed by atoms with E-state index >= 15 is 0 Å². The van der Waals surface area contributed by atoms with E-state index in [1.54, 1.807) is 13.2 Å². The normalized spacial score (nSPS) is 11.0. The molecule has 1 rings (SSSR count). The Morgan fingerprint density at radius 1 is 1.12 bits per heavy atom. The summed E-state index contributed by atoms with van der Waals surface area (Å²) in [6.07, 6.45) is 6.86. The van der Waals surface area contributed by atoms with E-state index in [0.29, 0.717) is 19.8 Å². The summed E-state index contributed by atoms with van der Waals surface area (Å²) >= 11 is 0. The highest BCUT2D eigenvalue weighted by Gasteiger charge is 1.98. The maximum Gasteiger partial charge on any atom is 0.191 e. The van der Waals surface area contributed by atoms with Gasteiger partial charge < -0.3 is 20.1 Å². The van der Waals surface area contributed by atoms with Crippen molar-refractivity contribution in [3.8, 4) is 0 Å². The number of unbranched alkanes of at least 4 members (excludes halogenated alkanes) is 1. The maximum atomic E-state index is 5.50. The molecule has 7 heteroatoms. The fourth-order valence-electron chi connectivity index (χ4n) is 1.90. The molecule has 6 nitrogen and oxygen atoms in total. The van der Waals surface area contributed by atoms with Gasteiger partial charge >= 0.3 is 0 Å². The third-order valence-electron chi connectivity index (χ3n) is 3.21. The van der Waals surface area contributed by atoms with Gasteiger partial charge in [0.25, 0.3) is 0 Å². The van der Waals surface area contributed by atoms with E-state index in [-0.39, 0.29) is 24.0 Å². The third-order valence-corrected chi connectivity index (χ3v) is 3.21. The first-order valence-electron chi connectivity index (χ1n) is 8.35. The first kappa shape index (κ1) is 23.1. The molecule has 0 saturated carbocycles. The van der Waals surface area contributed by atoms with Gasteiger partial charge in [0.05, 0.1) is 19.8 Å². The lowest BCUT2D eigenvalue weighted by molar-refractivity contribution is 0.0487. The third kappa shape index (κ3) is 12.5. The van der Waals surface area contributed by atoms with Gasteiger partial charge in [-0.15, -0.1) is 24.0 Å². The molecule has 138 valence electrons. The van der Waals surface area contributed by atoms with Crippen molar-refractivity contribution in [3.63, 3.8) is 0 Å². The molecule has 0 radical (unpaired) electrons. The van der Waals surface area contributed by atoms with Gasteiger partial charge in [-0.25, -0.2) is 0 Å². The SMILES string of the molecule is CCCCOCCOCCNC(=NC)NCCc1cccnc1.I. The summed E-state index contributed by atoms with van der Waals surface area (Å²) in [5.41, 5.74) is 1.21. The number of nitrogens with one attached hydrogen (secondary N) is 2. The average Bonchev–Trinajstić information content (AvgIpc) is 2.59. The van der Waals surface area contributed by atoms with E-state index < -0.39 is 0 Å². The second kappa shape index (κ2) is 16.9. The largest absolute Gasteiger partial charge is 0.379 e. The summed E-state index contributed by atoms with van der Waals surface area (Å²) in [4.78, 5) is 8.29. The first-order chi connectivity index (χ1) is 11.4. The van der Waals surface area contributed by atoms with Crippen LogP contribution in [-0.2, 0) is 15.9 Å². The molecule has 0 aromatic carbocycles. The predicted octanol–water partition coefficient (Wildman–Crippen LogP) is 2.24. The monoisotopic (exact) mass is 450 g/mol. The van der Waals surface area contributed by atoms with Crippen molar-refractivity contribution in [2.75, 3.05) is 46.6 Å². The Labute approximate surface area is 162 Å². The van der Waals surface area contributed by atoms with Crippen LogP contribution in [-0.4, -0.2) is 57.5 Å². The molecule has 0 aliphatic carbocycles. The van der Waals surface area contributed by atoms with Crippen LogP contribution in [0.4, 0.5) is 0 Å². The van der Waals surface area contributed by atoms with Gasteiger partial charge in [0.1, 0.15) is 0 Å². The molecule has 0 atom stereocenters. The van der Waals surface area contributed by atoms with Crippen LogP contribution < -0.4 is 10.6 Å². The summed E-state index contributed by atoms with van der Waals surface area (Å²) in [6.45, 7) is 6.46. The van der Waals surface area contributed by atoms with Gasteiger partial charge in [0.2, 0.25) is 0 Å². The van der Waals surface area contributed by atoms with Crippen molar-refractivity contribution in [1.29, 1.82) is 0 Å². The lowest BCUT2D eigenvalue weighted by Gasteiger charge is -2.12. The van der Waals surface area contributed by atoms with Crippen LogP contribution in [0.1, 0.15) is 25.3 Å². The Kier molecular flexibility index (Phi) is 16.3. The van der Waals surface area contributed by atoms with Crippen LogP contribution in [0.3, 0.4) is 0 Å². The topological polar surface area (TPSA) is 67.8 Å². The van der Waals surface area contributed by atoms with Crippen LogP contribution >= 0.6 is 24.0 Å². The van der Waals surface area contributed by atoms with Gasteiger partial charge in [0.15, 0.2) is 5.96 Å². The van der Waals surface area contributed by atoms with Crippen molar-refractivity contribution < 1.29 is 9.47 Å². The number of hydrogen-bond acceptors (Lipinski definition) is 4. The van der Waals surface area contributed by atoms with Crippen LogP contribution in [0, 0.1) is 0 Å². The van der Waals surface area contributed by atoms with E-state index in [2.05, 4.69) is 33.6 Å². The van der Waals surface area contributed by atoms with Crippen molar-refractivity contribution in [1.82, 2.24) is 15.6 Å². The molecule has 2 N–H and O–H groups in total. The predicted molar refractivity (Wildman–Crippen MR) is 109 cm³/mol. The smallest absolute Gasteiger partial charge is 0.191 e. The lowest BCUT2D eigenvalue weighted by atomic mass is 10.2. The van der Waals surface area contributed by atoms with Crippen molar-refractivity contribution in [2.45, 2.75) is 26.2 Å². The zero-order valence-electron chi connectivity index (χ0n) is 14.8. The summed E-state index contributed by atoms with van der Waals surface area (Å²) in [5.74, 6) is 0.789. The number of guanidine groups is 1. The maximum absolute atomic E-state index is 5.50. The molecule has 0 aliphatic rings. The Bertz CT molecular complexity index is 418. The van der Waals surface area contributed by atoms with E-state index in [4.69, 9.17) is 9.47 Å². The van der Waals surface area contributed by atoms with Crippen molar-refractivity contribution in [2.24, 2.45) is 4.99 Å². The Morgan fingerprint density at radius 2 is 1.88 bits per heavy atom. The quantitative estimate of drug-likeness (QED) is 0.221. The molecular formula is C17H31IN4O2. The number of pyridine rings is 1. The number of aliphatic imine (C=N–C) groups is 1. The molecule has 0 fully saturated rings. The van der Waals surface area contributed by atoms with Crippen molar-refractivity contribution in [3.05, 3.63) is 30.1 Å². The van der Waals surface area contributed by atoms with Gasteiger partial charge in [0, 0.05) is 39.1 Å². The second-order valence-electron chi connectivity index (χ2n) is 5.12. The summed E-state index contributed by atoms with van der Waals surface area (Å²) in [7, 11) is 1.77. The van der Waals surface area contributed by atoms with E-state index in [1.165, 1.54) is 5.56 Å². The fourth-order valence-corrected chi connectivity index (χ4v) is 1.90. The molecule has 0 saturated heterocycles. The average molecular weight is 450 g/mol. The number of ether oxygens (including phenoxy) is 2. The number of rotatable bonds is 12. The Hall–Kier alpha value is -0.930. The number of halogens is 1. The Morgan fingerprint density at radius 3 is 2.54 bits per heavy atom. The highest BCUT2D eigenvalue weighted by molar-refractivity contribution is 14.0. The van der Waals surface area contributed by atoms with E-state index in [9.17, 15) is 0 Å². The van der Waals surface area contributed by atoms with Crippen LogP contribution in [0.2, 0.25) is 0 Å². The standard InChI is InChI=1S/C17H30N4O2.HI/c1-3-4-11-22-13-14-23-12-10-21-17(18-2)20-9-7-16-6-5-8-19-15-16;/h5-6,8,15H,3-4,7,9-14H2,1-2H3,(H2,18,20,21);1H. The van der Waals surface area contributed by atoms with Gasteiger partial charge in [-0.2, -0.15) is 0 Å². The zero-order valence-corrected chi connectivity index (χ0v) is 17.1. The molecular weight excluding hydrogens is 419 g/mol. The summed E-state index contributed by atoms with van der Waals surface area (Å²) in [5, 5.41) is 6.50. The lowest BCUT2D eigenvalue weighted by Crippen LogP contribution is -2.39. The van der Waals surface area contributed by atoms with Gasteiger partial charge in [-0.05, 0) is 24.5 Å². The van der Waals surface area contributed by atoms with Crippen LogP contribution in [0.25, 0.3) is 0 Å². The minimum absolute atomic E-state index is 0. The first-order valence-corrected chi connectivity index (χ1v) is 8.35. The number of nitrogens with zero attached hydrogens (tertiary/aromatic N) is 2. The summed E-state index contributed by atoms with van der Waals surface area (Å²) < 4.78 is 10.9. The van der Waals surface area contributed by atoms with Gasteiger partial charge in [-0.3, -0.25) is 9.98 Å². The molecule has 0 aliphatic heterocycles. The Balaban J connectivity index is 0.00000529. The molecule has 0 spiro atoms. The van der Waals surface area contributed by atoms with Crippen molar-refractivity contribution >= 4 is 29.9 Å². The van der Waals surface area contributed by atoms with Gasteiger partial charge in [-0.1, -0.05) is 19.4 Å². The van der Waals surface area contributed by atoms with E-state index in [1.807, 2.05) is 12.3 Å². The van der Waals surface area contributed by atoms with Crippen LogP contribution in [0.5, 0.6) is 0 Å². The molecule has 0 unspecified atom stereocenters. The zero-order chi connectivity index (χ0) is 16.6. The fraction of sp³-hybridized carbons (Fsp3) is 0.647. The molecule has 1 aromatic rings. The second-order valence-corrected chi connectivity index (χ2v) is 5.12. The molecule has 0 bridgehead atoms. The molecule has 24 heavy (non-hydrogen) atoms. The molecule has 0 amide bonds. The summed E-state index contributed by atoms with van der Waals surface area (Å²) in [6, 6.07) is 4.02. The molecule has 1 aromatic heterocycles. The highest BCUT2D eigenvalue weighted by atomic mass is 127. The highest BCUT2D eigenvalue weighted by Crippen LogP contribution is 1.95. The van der Waals surface area contributed by atoms with Crippen LogP contribution in [0.15, 0.2) is 29.5 Å². The molecule has 1 heterocycles. The van der Waals surface area contributed by atoms with E-state index in [0.717, 1.165) is 44.9 Å².